The van der Waals surface area contributed by atoms with Crippen LogP contribution < -0.4 is 10.6 Å². The lowest BCUT2D eigenvalue weighted by Crippen LogP contribution is -2.24. The van der Waals surface area contributed by atoms with E-state index in [-0.39, 0.29) is 0 Å². The van der Waals surface area contributed by atoms with E-state index < -0.39 is 0 Å². The second-order valence-electron chi connectivity index (χ2n) is 4.53. The molecule has 1 aromatic heterocycles. The Labute approximate surface area is 124 Å². The van der Waals surface area contributed by atoms with E-state index in [9.17, 15) is 0 Å². The van der Waals surface area contributed by atoms with E-state index in [1.807, 2.05) is 49.2 Å². The van der Waals surface area contributed by atoms with Gasteiger partial charge in [-0.2, -0.15) is 0 Å². The third kappa shape index (κ3) is 3.23. The topological polar surface area (TPSA) is 51.4 Å². The van der Waals surface area contributed by atoms with Crippen molar-refractivity contribution >= 4 is 33.9 Å². The minimum atomic E-state index is 0.392. The third-order valence-corrected chi connectivity index (χ3v) is 3.35. The van der Waals surface area contributed by atoms with Gasteiger partial charge >= 0.3 is 0 Å². The van der Waals surface area contributed by atoms with Gasteiger partial charge in [0.25, 0.3) is 0 Å². The zero-order valence-corrected chi connectivity index (χ0v) is 12.6. The van der Waals surface area contributed by atoms with Crippen molar-refractivity contribution in [1.29, 1.82) is 0 Å². The Kier molecular flexibility index (Phi) is 4.87. The number of ether oxygens (including phenoxy) is 1. The number of aromatic nitrogens is 1. The van der Waals surface area contributed by atoms with Crippen LogP contribution in [-0.4, -0.2) is 36.8 Å². The molecule has 0 saturated heterocycles. The highest BCUT2D eigenvalue weighted by Gasteiger charge is 2.10. The highest BCUT2D eigenvalue weighted by Crippen LogP contribution is 2.22. The summed E-state index contributed by atoms with van der Waals surface area (Å²) in [5, 5.41) is 0.988. The SMILES string of the molecule is CCOCCN(C)c1cc(C(N)=S)c2ccccc2n1. The molecule has 1 aromatic carbocycles. The van der Waals surface area contributed by atoms with Gasteiger partial charge in [-0.1, -0.05) is 30.4 Å². The van der Waals surface area contributed by atoms with Crippen LogP contribution in [0.15, 0.2) is 30.3 Å². The van der Waals surface area contributed by atoms with Crippen LogP contribution >= 0.6 is 12.2 Å². The van der Waals surface area contributed by atoms with E-state index in [2.05, 4.69) is 4.98 Å². The first kappa shape index (κ1) is 14.7. The van der Waals surface area contributed by atoms with Crippen LogP contribution in [0.2, 0.25) is 0 Å². The van der Waals surface area contributed by atoms with Gasteiger partial charge in [0.05, 0.1) is 12.1 Å². The number of nitrogens with zero attached hydrogens (tertiary/aromatic N) is 2. The lowest BCUT2D eigenvalue weighted by atomic mass is 10.1. The predicted octanol–water partition coefficient (Wildman–Crippen LogP) is 2.34. The summed E-state index contributed by atoms with van der Waals surface area (Å²) < 4.78 is 5.37. The number of benzene rings is 1. The maximum Gasteiger partial charge on any atom is 0.129 e. The van der Waals surface area contributed by atoms with Crippen LogP contribution in [0.4, 0.5) is 5.82 Å². The number of hydrogen-bond acceptors (Lipinski definition) is 4. The lowest BCUT2D eigenvalue weighted by Gasteiger charge is -2.19. The predicted molar refractivity (Wildman–Crippen MR) is 87.4 cm³/mol. The summed E-state index contributed by atoms with van der Waals surface area (Å²) in [6.45, 7) is 4.15. The maximum absolute atomic E-state index is 5.83. The summed E-state index contributed by atoms with van der Waals surface area (Å²) in [5.74, 6) is 0.853. The molecular weight excluding hydrogens is 270 g/mol. The van der Waals surface area contributed by atoms with E-state index in [1.54, 1.807) is 0 Å². The molecule has 0 spiro atoms. The number of thiocarbonyl (C=S) groups is 1. The van der Waals surface area contributed by atoms with Crippen molar-refractivity contribution in [2.75, 3.05) is 31.7 Å². The molecule has 106 valence electrons. The Morgan fingerprint density at radius 1 is 1.40 bits per heavy atom. The van der Waals surface area contributed by atoms with Crippen LogP contribution in [0.1, 0.15) is 12.5 Å². The summed E-state index contributed by atoms with van der Waals surface area (Å²) in [5.41, 5.74) is 7.59. The number of anilines is 1. The number of para-hydroxylation sites is 1. The Hall–Kier alpha value is -1.72. The second-order valence-corrected chi connectivity index (χ2v) is 4.97. The zero-order valence-electron chi connectivity index (χ0n) is 11.8. The summed E-state index contributed by atoms with van der Waals surface area (Å²) in [7, 11) is 1.99. The number of rotatable bonds is 6. The minimum Gasteiger partial charge on any atom is -0.389 e. The molecule has 2 rings (SSSR count). The molecule has 0 aliphatic carbocycles. The molecule has 0 unspecified atom stereocenters. The molecule has 0 aliphatic rings. The molecule has 5 heteroatoms. The quantitative estimate of drug-likeness (QED) is 0.653. The molecule has 4 nitrogen and oxygen atoms in total. The smallest absolute Gasteiger partial charge is 0.129 e. The summed E-state index contributed by atoms with van der Waals surface area (Å²) >= 11 is 5.15. The molecular formula is C15H19N3OS. The van der Waals surface area contributed by atoms with Crippen LogP contribution in [0.5, 0.6) is 0 Å². The molecule has 0 bridgehead atoms. The lowest BCUT2D eigenvalue weighted by molar-refractivity contribution is 0.154. The van der Waals surface area contributed by atoms with E-state index in [0.29, 0.717) is 11.6 Å². The van der Waals surface area contributed by atoms with Gasteiger partial charge in [-0.05, 0) is 19.1 Å². The van der Waals surface area contributed by atoms with Crippen LogP contribution in [0, 0.1) is 0 Å². The van der Waals surface area contributed by atoms with E-state index >= 15 is 0 Å². The van der Waals surface area contributed by atoms with Gasteiger partial charge in [0.2, 0.25) is 0 Å². The number of nitrogens with two attached hydrogens (primary N) is 1. The summed E-state index contributed by atoms with van der Waals surface area (Å²) in [4.78, 5) is 7.09. The van der Waals surface area contributed by atoms with Gasteiger partial charge in [0.1, 0.15) is 10.8 Å². The fraction of sp³-hybridized carbons (Fsp3) is 0.333. The zero-order chi connectivity index (χ0) is 14.5. The average Bonchev–Trinajstić information content (AvgIpc) is 2.46. The summed E-state index contributed by atoms with van der Waals surface area (Å²) in [6, 6.07) is 9.82. The van der Waals surface area contributed by atoms with Gasteiger partial charge in [-0.3, -0.25) is 0 Å². The van der Waals surface area contributed by atoms with E-state index in [0.717, 1.165) is 35.4 Å². The first-order valence-electron chi connectivity index (χ1n) is 6.62. The van der Waals surface area contributed by atoms with Crippen molar-refractivity contribution in [2.24, 2.45) is 5.73 Å². The van der Waals surface area contributed by atoms with Crippen molar-refractivity contribution in [3.8, 4) is 0 Å². The van der Waals surface area contributed by atoms with Gasteiger partial charge in [-0.15, -0.1) is 0 Å². The van der Waals surface area contributed by atoms with Crippen molar-refractivity contribution in [3.05, 3.63) is 35.9 Å². The number of hydrogen-bond donors (Lipinski definition) is 1. The monoisotopic (exact) mass is 289 g/mol. The van der Waals surface area contributed by atoms with Gasteiger partial charge in [0, 0.05) is 31.1 Å². The van der Waals surface area contributed by atoms with Crippen molar-refractivity contribution in [3.63, 3.8) is 0 Å². The first-order valence-corrected chi connectivity index (χ1v) is 7.02. The van der Waals surface area contributed by atoms with Crippen molar-refractivity contribution in [1.82, 2.24) is 4.98 Å². The fourth-order valence-electron chi connectivity index (χ4n) is 2.02. The molecule has 2 N–H and O–H groups in total. The van der Waals surface area contributed by atoms with Crippen LogP contribution in [0.3, 0.4) is 0 Å². The Bertz CT molecular complexity index is 615. The third-order valence-electron chi connectivity index (χ3n) is 3.13. The molecule has 1 heterocycles. The minimum absolute atomic E-state index is 0.392. The number of pyridine rings is 1. The van der Waals surface area contributed by atoms with Gasteiger partial charge in [0.15, 0.2) is 0 Å². The number of fused-ring (bicyclic) bond motifs is 1. The molecule has 0 saturated carbocycles. The molecule has 0 radical (unpaired) electrons. The van der Waals surface area contributed by atoms with Crippen molar-refractivity contribution < 1.29 is 4.74 Å². The summed E-state index contributed by atoms with van der Waals surface area (Å²) in [6.07, 6.45) is 0. The first-order chi connectivity index (χ1) is 9.63. The molecule has 0 aliphatic heterocycles. The Morgan fingerprint density at radius 3 is 2.85 bits per heavy atom. The van der Waals surface area contributed by atoms with Gasteiger partial charge < -0.3 is 15.4 Å². The highest BCUT2D eigenvalue weighted by atomic mass is 32.1. The molecule has 0 atom stereocenters. The standard InChI is InChI=1S/C15H19N3OS/c1-3-19-9-8-18(2)14-10-12(15(16)20)11-6-4-5-7-13(11)17-14/h4-7,10H,3,8-9H2,1-2H3,(H2,16,20). The Balaban J connectivity index is 2.37. The normalized spacial score (nSPS) is 10.7. The van der Waals surface area contributed by atoms with Gasteiger partial charge in [-0.25, -0.2) is 4.98 Å². The molecule has 2 aromatic rings. The molecule has 0 amide bonds. The van der Waals surface area contributed by atoms with E-state index in [4.69, 9.17) is 22.7 Å². The highest BCUT2D eigenvalue weighted by molar-refractivity contribution is 7.80. The van der Waals surface area contributed by atoms with E-state index in [1.165, 1.54) is 0 Å². The largest absolute Gasteiger partial charge is 0.389 e. The molecule has 0 fully saturated rings. The average molecular weight is 289 g/mol. The Morgan fingerprint density at radius 2 is 2.15 bits per heavy atom. The molecule has 20 heavy (non-hydrogen) atoms. The number of likely N-dealkylation sites (N-methyl/N-ethyl adjacent to an activating group) is 1. The second kappa shape index (κ2) is 6.63. The van der Waals surface area contributed by atoms with Crippen molar-refractivity contribution in [2.45, 2.75) is 6.92 Å². The van der Waals surface area contributed by atoms with Crippen LogP contribution in [0.25, 0.3) is 10.9 Å². The van der Waals surface area contributed by atoms with Crippen LogP contribution in [-0.2, 0) is 4.74 Å². The fourth-order valence-corrected chi connectivity index (χ4v) is 2.19. The maximum atomic E-state index is 5.83.